The summed E-state index contributed by atoms with van der Waals surface area (Å²) in [6.45, 7) is 3.23. The molecule has 0 bridgehead atoms. The lowest BCUT2D eigenvalue weighted by atomic mass is 9.98. The molecule has 3 aromatic carbocycles. The topological polar surface area (TPSA) is 136 Å². The Bertz CT molecular complexity index is 1730. The summed E-state index contributed by atoms with van der Waals surface area (Å²) in [6, 6.07) is 18.2. The van der Waals surface area contributed by atoms with Crippen molar-refractivity contribution in [3.8, 4) is 5.88 Å². The third kappa shape index (κ3) is 6.41. The number of hydrogen-bond acceptors (Lipinski definition) is 8. The van der Waals surface area contributed by atoms with Crippen LogP contribution in [0.25, 0.3) is 10.9 Å². The van der Waals surface area contributed by atoms with Gasteiger partial charge in [-0.15, -0.1) is 0 Å². The van der Waals surface area contributed by atoms with Crippen LogP contribution in [0, 0.1) is 6.92 Å². The van der Waals surface area contributed by atoms with Gasteiger partial charge in [-0.25, -0.2) is 18.2 Å². The third-order valence-corrected chi connectivity index (χ3v) is 7.97. The average molecular weight is 643 g/mol. The highest BCUT2D eigenvalue weighted by Crippen LogP contribution is 2.36. The molecule has 12 heteroatoms. The van der Waals surface area contributed by atoms with Crippen molar-refractivity contribution in [1.82, 2.24) is 9.29 Å². The van der Waals surface area contributed by atoms with Crippen LogP contribution in [0.15, 0.2) is 76.6 Å². The number of methoxy groups -OCH3 is 1. The van der Waals surface area contributed by atoms with E-state index in [4.69, 9.17) is 14.5 Å². The summed E-state index contributed by atoms with van der Waals surface area (Å²) in [7, 11) is -2.54. The van der Waals surface area contributed by atoms with Gasteiger partial charge in [0.25, 0.3) is 0 Å². The second-order valence-corrected chi connectivity index (χ2v) is 11.5. The maximum Gasteiger partial charge on any atom is 0.338 e. The molecule has 0 aliphatic carbocycles. The molecule has 2 N–H and O–H groups in total. The van der Waals surface area contributed by atoms with E-state index in [1.807, 2.05) is 18.2 Å². The molecule has 4 rings (SSSR count). The van der Waals surface area contributed by atoms with Gasteiger partial charge in [-0.1, -0.05) is 46.3 Å². The zero-order valence-corrected chi connectivity index (χ0v) is 25.0. The Hall–Kier alpha value is -3.84. The standard InChI is InChI=1S/C29H28BrN3O7S/c1-18-15-24-25(16-23(18)29(36)39-3)33(19(2)34)28(35)26(24)27(20-7-5-4-6-8-20)32-21-9-11-22(12-10-21)41(37,38)31-17-40-14-13-30/h4-12,15-16,31,35H,13-14,17H2,1-3H3. The van der Waals surface area contributed by atoms with Crippen LogP contribution in [0.1, 0.15) is 38.8 Å². The molecule has 41 heavy (non-hydrogen) atoms. The van der Waals surface area contributed by atoms with Gasteiger partial charge in [0, 0.05) is 23.2 Å². The number of halogens is 1. The summed E-state index contributed by atoms with van der Waals surface area (Å²) in [5.74, 6) is -1.38. The van der Waals surface area contributed by atoms with Gasteiger partial charge in [0.2, 0.25) is 21.8 Å². The third-order valence-electron chi connectivity index (χ3n) is 6.25. The van der Waals surface area contributed by atoms with Gasteiger partial charge in [-0.2, -0.15) is 4.72 Å². The Labute approximate surface area is 245 Å². The summed E-state index contributed by atoms with van der Waals surface area (Å²) < 4.78 is 38.8. The first kappa shape index (κ1) is 30.1. The van der Waals surface area contributed by atoms with Crippen molar-refractivity contribution >= 4 is 60.1 Å². The first-order valence-corrected chi connectivity index (χ1v) is 15.0. The minimum absolute atomic E-state index is 0.0298. The minimum atomic E-state index is -3.81. The Morgan fingerprint density at radius 3 is 2.37 bits per heavy atom. The number of aromatic hydroxyl groups is 1. The van der Waals surface area contributed by atoms with Crippen LogP contribution in [-0.4, -0.2) is 61.5 Å². The molecule has 0 spiro atoms. The Balaban J connectivity index is 1.88. The fraction of sp³-hybridized carbons (Fsp3) is 0.207. The summed E-state index contributed by atoms with van der Waals surface area (Å²) in [5, 5.41) is 12.5. The predicted molar refractivity (Wildman–Crippen MR) is 159 cm³/mol. The number of benzene rings is 3. The number of hydrogen-bond donors (Lipinski definition) is 2. The molecule has 0 aliphatic rings. The van der Waals surface area contributed by atoms with Crippen LogP contribution in [0.5, 0.6) is 5.88 Å². The summed E-state index contributed by atoms with van der Waals surface area (Å²) in [5.41, 5.74) is 2.83. The maximum absolute atomic E-state index is 12.7. The predicted octanol–water partition coefficient (Wildman–Crippen LogP) is 4.92. The van der Waals surface area contributed by atoms with Crippen LogP contribution >= 0.6 is 15.9 Å². The number of carbonyl (C=O) groups excluding carboxylic acids is 2. The molecule has 0 saturated carbocycles. The average Bonchev–Trinajstić information content (AvgIpc) is 3.24. The van der Waals surface area contributed by atoms with E-state index >= 15 is 0 Å². The fourth-order valence-electron chi connectivity index (χ4n) is 4.33. The molecule has 0 radical (unpaired) electrons. The van der Waals surface area contributed by atoms with Crippen molar-refractivity contribution in [2.45, 2.75) is 18.7 Å². The summed E-state index contributed by atoms with van der Waals surface area (Å²) in [6.07, 6.45) is 0. The lowest BCUT2D eigenvalue weighted by Crippen LogP contribution is -2.26. The van der Waals surface area contributed by atoms with Gasteiger partial charge in [0.05, 0.1) is 46.7 Å². The quantitative estimate of drug-likeness (QED) is 0.0824. The minimum Gasteiger partial charge on any atom is -0.494 e. The molecule has 0 saturated heterocycles. The number of alkyl halides is 1. The molecular formula is C29H28BrN3O7S. The molecule has 214 valence electrons. The first-order valence-electron chi connectivity index (χ1n) is 12.4. The van der Waals surface area contributed by atoms with Crippen LogP contribution in [0.3, 0.4) is 0 Å². The highest BCUT2D eigenvalue weighted by atomic mass is 79.9. The fourth-order valence-corrected chi connectivity index (χ4v) is 5.46. The monoisotopic (exact) mass is 641 g/mol. The zero-order valence-electron chi connectivity index (χ0n) is 22.5. The highest BCUT2D eigenvalue weighted by molar-refractivity contribution is 9.09. The number of aromatic nitrogens is 1. The highest BCUT2D eigenvalue weighted by Gasteiger charge is 2.26. The molecule has 1 aromatic heterocycles. The lowest BCUT2D eigenvalue weighted by molar-refractivity contribution is 0.0599. The van der Waals surface area contributed by atoms with Gasteiger partial charge in [-0.3, -0.25) is 9.36 Å². The van der Waals surface area contributed by atoms with E-state index < -0.39 is 21.9 Å². The van der Waals surface area contributed by atoms with Crippen molar-refractivity contribution in [1.29, 1.82) is 0 Å². The number of sulfonamides is 1. The van der Waals surface area contributed by atoms with Crippen LogP contribution < -0.4 is 4.72 Å². The number of esters is 1. The van der Waals surface area contributed by atoms with Gasteiger partial charge >= 0.3 is 5.97 Å². The number of nitrogens with one attached hydrogen (secondary N) is 1. The van der Waals surface area contributed by atoms with E-state index in [1.165, 1.54) is 32.2 Å². The molecule has 4 aromatic rings. The number of ether oxygens (including phenoxy) is 2. The molecule has 0 unspecified atom stereocenters. The van der Waals surface area contributed by atoms with Crippen molar-refractivity contribution in [3.05, 3.63) is 89.0 Å². The van der Waals surface area contributed by atoms with Crippen molar-refractivity contribution in [2.24, 2.45) is 4.99 Å². The van der Waals surface area contributed by atoms with Gasteiger partial charge in [-0.05, 0) is 48.9 Å². The van der Waals surface area contributed by atoms with Crippen molar-refractivity contribution in [2.75, 3.05) is 25.8 Å². The van der Waals surface area contributed by atoms with Crippen molar-refractivity contribution < 1.29 is 32.6 Å². The van der Waals surface area contributed by atoms with E-state index in [2.05, 4.69) is 20.7 Å². The molecule has 10 nitrogen and oxygen atoms in total. The number of fused-ring (bicyclic) bond motifs is 1. The molecule has 0 atom stereocenters. The van der Waals surface area contributed by atoms with Crippen LogP contribution in [-0.2, 0) is 19.5 Å². The zero-order chi connectivity index (χ0) is 29.7. The molecule has 0 amide bonds. The SMILES string of the molecule is COC(=O)c1cc2c(cc1C)c(C(=Nc1ccc(S(=O)(=O)NCOCCBr)cc1)c1ccccc1)c(O)n2C(C)=O. The number of aliphatic imine (C=N–C) groups is 1. The van der Waals surface area contributed by atoms with Gasteiger partial charge in [0.15, 0.2) is 0 Å². The second-order valence-electron chi connectivity index (χ2n) is 8.94. The van der Waals surface area contributed by atoms with Gasteiger partial charge in [0.1, 0.15) is 6.73 Å². The van der Waals surface area contributed by atoms with Crippen molar-refractivity contribution in [3.63, 3.8) is 0 Å². The Morgan fingerprint density at radius 2 is 1.76 bits per heavy atom. The van der Waals surface area contributed by atoms with E-state index in [1.54, 1.807) is 37.3 Å². The lowest BCUT2D eigenvalue weighted by Gasteiger charge is -2.10. The maximum atomic E-state index is 12.7. The second kappa shape index (κ2) is 12.8. The largest absolute Gasteiger partial charge is 0.494 e. The van der Waals surface area contributed by atoms with E-state index in [-0.39, 0.29) is 28.6 Å². The van der Waals surface area contributed by atoms with Crippen LogP contribution in [0.4, 0.5) is 5.69 Å². The Kier molecular flexibility index (Phi) is 9.38. The van der Waals surface area contributed by atoms with Crippen LogP contribution in [0.2, 0.25) is 0 Å². The molecular weight excluding hydrogens is 614 g/mol. The molecule has 1 heterocycles. The molecule has 0 fully saturated rings. The smallest absolute Gasteiger partial charge is 0.338 e. The normalized spacial score (nSPS) is 12.0. The summed E-state index contributed by atoms with van der Waals surface area (Å²) in [4.78, 5) is 29.9. The van der Waals surface area contributed by atoms with Gasteiger partial charge < -0.3 is 14.6 Å². The van der Waals surface area contributed by atoms with E-state index in [0.29, 0.717) is 45.4 Å². The first-order chi connectivity index (χ1) is 19.6. The number of nitrogens with zero attached hydrogens (tertiary/aromatic N) is 2. The number of carbonyl (C=O) groups is 2. The van der Waals surface area contributed by atoms with E-state index in [0.717, 1.165) is 4.57 Å². The number of rotatable bonds is 10. The number of aryl methyl sites for hydroxylation is 1. The summed E-state index contributed by atoms with van der Waals surface area (Å²) >= 11 is 3.21. The molecule has 0 aliphatic heterocycles. The van der Waals surface area contributed by atoms with E-state index in [9.17, 15) is 23.1 Å². The Morgan fingerprint density at radius 1 is 1.07 bits per heavy atom.